The van der Waals surface area contributed by atoms with E-state index < -0.39 is 14.7 Å². The van der Waals surface area contributed by atoms with Crippen LogP contribution >= 0.6 is 14.7 Å². The molecule has 0 aromatic heterocycles. The van der Waals surface area contributed by atoms with Gasteiger partial charge >= 0.3 is 0 Å². The Labute approximate surface area is 84.0 Å². The summed E-state index contributed by atoms with van der Waals surface area (Å²) in [7, 11) is -5.75. The van der Waals surface area contributed by atoms with E-state index in [-0.39, 0.29) is 18.6 Å². The molecule has 1 rings (SSSR count). The summed E-state index contributed by atoms with van der Waals surface area (Å²) in [5, 5.41) is 0. The normalized spacial score (nSPS) is 38.4. The summed E-state index contributed by atoms with van der Waals surface area (Å²) in [4.78, 5) is 0. The van der Waals surface area contributed by atoms with Crippen LogP contribution in [0.2, 0.25) is 0 Å². The summed E-state index contributed by atoms with van der Waals surface area (Å²) in [5.74, 6) is 0.0156. The Balaban J connectivity index is 2.68. The quantitative estimate of drug-likeness (QED) is 0.709. The fourth-order valence-electron chi connectivity index (χ4n) is 1.36. The Morgan fingerprint density at radius 3 is 1.86 bits per heavy atom. The molecular formula is C7H16O5P2. The minimum absolute atomic E-state index is 0.0156. The van der Waals surface area contributed by atoms with Gasteiger partial charge in [-0.1, -0.05) is 0 Å². The van der Waals surface area contributed by atoms with Crippen molar-refractivity contribution in [1.29, 1.82) is 0 Å². The lowest BCUT2D eigenvalue weighted by atomic mass is 10.9. The molecule has 0 aromatic carbocycles. The molecular weight excluding hydrogens is 226 g/mol. The lowest BCUT2D eigenvalue weighted by Crippen LogP contribution is -2.14. The first-order chi connectivity index (χ1) is 6.54. The van der Waals surface area contributed by atoms with Gasteiger partial charge in [-0.2, -0.15) is 0 Å². The monoisotopic (exact) mass is 242 g/mol. The molecule has 0 aromatic rings. The average Bonchev–Trinajstić information content (AvgIpc) is 2.02. The van der Waals surface area contributed by atoms with Gasteiger partial charge in [-0.05, 0) is 13.8 Å². The zero-order valence-corrected chi connectivity index (χ0v) is 10.3. The molecule has 84 valence electrons. The van der Waals surface area contributed by atoms with E-state index in [1.165, 1.54) is 0 Å². The molecule has 0 aliphatic carbocycles. The lowest BCUT2D eigenvalue weighted by molar-refractivity contribution is 0.179. The Hall–Kier alpha value is 0.340. The maximum Gasteiger partial charge on any atom is 0.237 e. The maximum absolute atomic E-state index is 11.9. The van der Waals surface area contributed by atoms with E-state index in [9.17, 15) is 9.13 Å². The van der Waals surface area contributed by atoms with Gasteiger partial charge in [0.1, 0.15) is 18.6 Å². The Bertz CT molecular complexity index is 239. The second-order valence-corrected chi connectivity index (χ2v) is 8.49. The summed E-state index contributed by atoms with van der Waals surface area (Å²) in [6.07, 6.45) is 0.107. The van der Waals surface area contributed by atoms with E-state index in [2.05, 4.69) is 0 Å². The smallest absolute Gasteiger partial charge is 0.237 e. The van der Waals surface area contributed by atoms with Gasteiger partial charge in [0.15, 0.2) is 0 Å². The van der Waals surface area contributed by atoms with Crippen molar-refractivity contribution in [1.82, 2.24) is 0 Å². The van der Waals surface area contributed by atoms with Crippen molar-refractivity contribution in [2.24, 2.45) is 0 Å². The highest BCUT2D eigenvalue weighted by atomic mass is 31.2. The van der Waals surface area contributed by atoms with Crippen molar-refractivity contribution < 1.29 is 22.9 Å². The lowest BCUT2D eigenvalue weighted by Gasteiger charge is -2.28. The second kappa shape index (κ2) is 4.91. The first-order valence-corrected chi connectivity index (χ1v) is 8.55. The predicted octanol–water partition coefficient (Wildman–Crippen LogP) is 2.52. The van der Waals surface area contributed by atoms with Gasteiger partial charge in [0.05, 0.1) is 13.2 Å². The number of ether oxygens (including phenoxy) is 1. The van der Waals surface area contributed by atoms with Crippen LogP contribution in [0.5, 0.6) is 0 Å². The minimum atomic E-state index is -2.88. The van der Waals surface area contributed by atoms with Gasteiger partial charge in [0.25, 0.3) is 0 Å². The van der Waals surface area contributed by atoms with E-state index in [1.807, 2.05) is 0 Å². The molecule has 0 radical (unpaired) electrons. The molecule has 1 saturated heterocycles. The summed E-state index contributed by atoms with van der Waals surface area (Å²) >= 11 is 0. The van der Waals surface area contributed by atoms with Gasteiger partial charge < -0.3 is 13.8 Å². The van der Waals surface area contributed by atoms with Crippen LogP contribution in [0.25, 0.3) is 0 Å². The number of hydrogen-bond donors (Lipinski definition) is 0. The summed E-state index contributed by atoms with van der Waals surface area (Å²) in [6.45, 7) is 4.18. The van der Waals surface area contributed by atoms with E-state index in [1.54, 1.807) is 13.8 Å². The average molecular weight is 242 g/mol. The highest BCUT2D eigenvalue weighted by Gasteiger charge is 2.40. The molecule has 7 heteroatoms. The minimum Gasteiger partial charge on any atom is -0.361 e. The third kappa shape index (κ3) is 3.18. The predicted molar refractivity (Wildman–Crippen MR) is 54.2 cm³/mol. The fourth-order valence-corrected chi connectivity index (χ4v) is 7.26. The Morgan fingerprint density at radius 1 is 1.07 bits per heavy atom. The van der Waals surface area contributed by atoms with Crippen molar-refractivity contribution in [2.45, 2.75) is 13.8 Å². The highest BCUT2D eigenvalue weighted by Crippen LogP contribution is 2.65. The molecule has 2 atom stereocenters. The van der Waals surface area contributed by atoms with E-state index in [4.69, 9.17) is 13.8 Å². The first kappa shape index (κ1) is 12.4. The molecule has 0 N–H and O–H groups in total. The van der Waals surface area contributed by atoms with Crippen LogP contribution < -0.4 is 0 Å². The van der Waals surface area contributed by atoms with Crippen LogP contribution in [-0.4, -0.2) is 31.8 Å². The first-order valence-electron chi connectivity index (χ1n) is 4.56. The number of hydrogen-bond acceptors (Lipinski definition) is 5. The zero-order chi connectivity index (χ0) is 10.7. The number of rotatable bonds is 4. The van der Waals surface area contributed by atoms with Crippen molar-refractivity contribution in [3.8, 4) is 0 Å². The SMILES string of the molecule is CCO[P@]1(=O)COC[P@@](=O)(OCC)C1. The molecule has 0 bridgehead atoms. The maximum atomic E-state index is 11.9. The molecule has 0 amide bonds. The van der Waals surface area contributed by atoms with Crippen molar-refractivity contribution in [2.75, 3.05) is 31.8 Å². The van der Waals surface area contributed by atoms with Crippen molar-refractivity contribution in [3.63, 3.8) is 0 Å². The molecule has 0 saturated carbocycles. The summed E-state index contributed by atoms with van der Waals surface area (Å²) in [5.41, 5.74) is 0. The van der Waals surface area contributed by atoms with E-state index in [0.29, 0.717) is 13.2 Å². The van der Waals surface area contributed by atoms with Crippen molar-refractivity contribution >= 4 is 14.7 Å². The van der Waals surface area contributed by atoms with E-state index >= 15 is 0 Å². The van der Waals surface area contributed by atoms with Gasteiger partial charge in [-0.25, -0.2) is 0 Å². The third-order valence-corrected chi connectivity index (χ3v) is 7.79. The molecule has 1 aliphatic rings. The summed E-state index contributed by atoms with van der Waals surface area (Å²) < 4.78 is 39.1. The molecule has 0 unspecified atom stereocenters. The third-order valence-electron chi connectivity index (χ3n) is 1.74. The topological polar surface area (TPSA) is 61.8 Å². The van der Waals surface area contributed by atoms with Gasteiger partial charge in [0.2, 0.25) is 14.7 Å². The molecule has 1 heterocycles. The second-order valence-electron chi connectivity index (χ2n) is 3.07. The molecule has 1 aliphatic heterocycles. The molecule has 14 heavy (non-hydrogen) atoms. The summed E-state index contributed by atoms with van der Waals surface area (Å²) in [6, 6.07) is 0. The van der Waals surface area contributed by atoms with Gasteiger partial charge in [-0.3, -0.25) is 9.13 Å². The van der Waals surface area contributed by atoms with Crippen LogP contribution in [0.3, 0.4) is 0 Å². The Kier molecular flexibility index (Phi) is 4.35. The van der Waals surface area contributed by atoms with E-state index in [0.717, 1.165) is 0 Å². The van der Waals surface area contributed by atoms with Crippen LogP contribution in [-0.2, 0) is 22.9 Å². The van der Waals surface area contributed by atoms with Crippen LogP contribution in [0.4, 0.5) is 0 Å². The zero-order valence-electron chi connectivity index (χ0n) is 8.47. The standard InChI is InChI=1S/C7H16O5P2/c1-3-11-13(8)5-10-6-14(9,7-13)12-4-2/h3-7H2,1-2H3/t13-,14-/m1/s1. The highest BCUT2D eigenvalue weighted by molar-refractivity contribution is 7.76. The molecule has 1 fully saturated rings. The fraction of sp³-hybridized carbons (Fsp3) is 1.00. The van der Waals surface area contributed by atoms with Crippen molar-refractivity contribution in [3.05, 3.63) is 0 Å². The van der Waals surface area contributed by atoms with Crippen LogP contribution in [0.15, 0.2) is 0 Å². The van der Waals surface area contributed by atoms with Crippen LogP contribution in [0, 0.1) is 0 Å². The Morgan fingerprint density at radius 2 is 1.50 bits per heavy atom. The van der Waals surface area contributed by atoms with Gasteiger partial charge in [-0.15, -0.1) is 0 Å². The van der Waals surface area contributed by atoms with Crippen LogP contribution in [0.1, 0.15) is 13.8 Å². The molecule has 0 spiro atoms. The van der Waals surface area contributed by atoms with Gasteiger partial charge in [0, 0.05) is 0 Å². The molecule has 5 nitrogen and oxygen atoms in total. The largest absolute Gasteiger partial charge is 0.361 e.